The minimum Gasteiger partial charge on any atom is -0.477 e. The molecule has 0 spiro atoms. The number of nitrogens with zero attached hydrogens (tertiary/aromatic N) is 4. The van der Waals surface area contributed by atoms with E-state index in [9.17, 15) is 27.9 Å². The van der Waals surface area contributed by atoms with Crippen molar-refractivity contribution in [3.63, 3.8) is 0 Å². The number of aromatic nitrogens is 2. The molecule has 1 saturated carbocycles. The Kier molecular flexibility index (Phi) is 9.00. The molecule has 10 nitrogen and oxygen atoms in total. The largest absolute Gasteiger partial charge is 0.490 e. The van der Waals surface area contributed by atoms with Crippen LogP contribution in [0.5, 0.6) is 0 Å². The predicted octanol–water partition coefficient (Wildman–Crippen LogP) is 3.20. The Balaban J connectivity index is 0.000000470. The van der Waals surface area contributed by atoms with Crippen molar-refractivity contribution in [3.8, 4) is 0 Å². The number of carboxylic acids is 2. The van der Waals surface area contributed by atoms with Gasteiger partial charge in [0.15, 0.2) is 11.6 Å². The second-order valence-electron chi connectivity index (χ2n) is 9.81. The standard InChI is InChI=1S/C23H27ClFN5O3.C2HF3O2/c24-18(13-28-9-5-26-6-10-28)14-3-7-29(8-4-14)22-19(25)11-16-20(31)17(23(32)33)12-30(15-1-2-15)21(16)27-22;3-2(4,5)1(6)7/h11-12,15,26H,1-10,13H2,(H,32,33);(H,6,7). The second kappa shape index (κ2) is 12.1. The van der Waals surface area contributed by atoms with Gasteiger partial charge in [0.25, 0.3) is 0 Å². The SMILES string of the molecule is O=C(O)C(F)(F)F.O=C(O)c1cn(C2CC2)c2nc(N3CCC(=C(Cl)CN4CCNCC4)CC3)c(F)cc2c1=O. The highest BCUT2D eigenvalue weighted by molar-refractivity contribution is 6.30. The number of rotatable bonds is 5. The molecule has 2 aromatic heterocycles. The Hall–Kier alpha value is -3.23. The topological polar surface area (TPSA) is 128 Å². The summed E-state index contributed by atoms with van der Waals surface area (Å²) in [5.74, 6) is -4.47. The minimum atomic E-state index is -5.08. The first kappa shape index (κ1) is 29.7. The van der Waals surface area contributed by atoms with Gasteiger partial charge in [0.2, 0.25) is 5.43 Å². The van der Waals surface area contributed by atoms with Crippen molar-refractivity contribution in [2.24, 2.45) is 0 Å². The van der Waals surface area contributed by atoms with Gasteiger partial charge in [-0.2, -0.15) is 13.2 Å². The quantitative estimate of drug-likeness (QED) is 0.451. The third-order valence-corrected chi connectivity index (χ3v) is 7.36. The van der Waals surface area contributed by atoms with Gasteiger partial charge in [-0.05, 0) is 31.7 Å². The van der Waals surface area contributed by atoms with Crippen LogP contribution in [0.1, 0.15) is 42.1 Å². The summed E-state index contributed by atoms with van der Waals surface area (Å²) in [4.78, 5) is 41.8. The number of aromatic carboxylic acids is 1. The summed E-state index contributed by atoms with van der Waals surface area (Å²) in [7, 11) is 0. The maximum absolute atomic E-state index is 15.1. The number of halogens is 5. The molecule has 2 aliphatic heterocycles. The van der Waals surface area contributed by atoms with Crippen LogP contribution in [0.15, 0.2) is 27.7 Å². The highest BCUT2D eigenvalue weighted by Gasteiger charge is 2.38. The Labute approximate surface area is 230 Å². The van der Waals surface area contributed by atoms with Gasteiger partial charge >= 0.3 is 18.1 Å². The van der Waals surface area contributed by atoms with E-state index in [0.717, 1.165) is 69.5 Å². The Morgan fingerprint density at radius 2 is 1.70 bits per heavy atom. The van der Waals surface area contributed by atoms with Gasteiger partial charge in [0.1, 0.15) is 11.2 Å². The molecule has 2 saturated heterocycles. The maximum atomic E-state index is 15.1. The molecule has 2 aromatic rings. The molecule has 0 bridgehead atoms. The van der Waals surface area contributed by atoms with Crippen LogP contribution in [0.3, 0.4) is 0 Å². The summed E-state index contributed by atoms with van der Waals surface area (Å²) in [6.45, 7) is 5.83. The number of piperazine rings is 1. The second-order valence-corrected chi connectivity index (χ2v) is 10.3. The lowest BCUT2D eigenvalue weighted by Crippen LogP contribution is -2.44. The number of hydrogen-bond acceptors (Lipinski definition) is 7. The van der Waals surface area contributed by atoms with Crippen LogP contribution < -0.4 is 15.6 Å². The first-order valence-electron chi connectivity index (χ1n) is 12.7. The molecule has 0 aromatic carbocycles. The summed E-state index contributed by atoms with van der Waals surface area (Å²) in [6.07, 6.45) is -0.495. The molecule has 4 heterocycles. The fraction of sp³-hybridized carbons (Fsp3) is 0.520. The number of carbonyl (C=O) groups is 2. The van der Waals surface area contributed by atoms with E-state index >= 15 is 4.39 Å². The van der Waals surface area contributed by atoms with Gasteiger partial charge in [-0.25, -0.2) is 19.0 Å². The van der Waals surface area contributed by atoms with Gasteiger partial charge in [-0.3, -0.25) is 9.69 Å². The van der Waals surface area contributed by atoms with E-state index < -0.39 is 29.4 Å². The van der Waals surface area contributed by atoms with Crippen molar-refractivity contribution in [2.45, 2.75) is 37.9 Å². The number of carboxylic acid groups (broad SMARTS) is 2. The molecule has 1 aliphatic carbocycles. The average molecular weight is 590 g/mol. The maximum Gasteiger partial charge on any atom is 0.490 e. The molecule has 40 heavy (non-hydrogen) atoms. The normalized spacial score (nSPS) is 18.3. The molecule has 218 valence electrons. The summed E-state index contributed by atoms with van der Waals surface area (Å²) in [6, 6.07) is 1.24. The summed E-state index contributed by atoms with van der Waals surface area (Å²) in [5.41, 5.74) is 0.502. The molecule has 0 amide bonds. The molecule has 15 heteroatoms. The van der Waals surface area contributed by atoms with Gasteiger partial charge < -0.3 is 25.0 Å². The van der Waals surface area contributed by atoms with E-state index in [0.29, 0.717) is 18.7 Å². The fourth-order valence-electron chi connectivity index (χ4n) is 4.68. The third-order valence-electron chi connectivity index (χ3n) is 6.97. The third kappa shape index (κ3) is 6.91. The van der Waals surface area contributed by atoms with E-state index in [1.54, 1.807) is 4.57 Å². The van der Waals surface area contributed by atoms with Gasteiger partial charge in [-0.1, -0.05) is 17.2 Å². The zero-order chi connectivity index (χ0) is 29.2. The lowest BCUT2D eigenvalue weighted by atomic mass is 10.0. The Morgan fingerprint density at radius 1 is 1.10 bits per heavy atom. The number of hydrogen-bond donors (Lipinski definition) is 3. The van der Waals surface area contributed by atoms with E-state index in [4.69, 9.17) is 21.5 Å². The van der Waals surface area contributed by atoms with Crippen molar-refractivity contribution in [3.05, 3.63) is 44.5 Å². The number of anilines is 1. The van der Waals surface area contributed by atoms with Crippen LogP contribution in [0.2, 0.25) is 0 Å². The number of alkyl halides is 3. The van der Waals surface area contributed by atoms with Crippen molar-refractivity contribution >= 4 is 40.4 Å². The molecule has 0 radical (unpaired) electrons. The van der Waals surface area contributed by atoms with Crippen LogP contribution in [0, 0.1) is 5.82 Å². The zero-order valence-electron chi connectivity index (χ0n) is 21.3. The van der Waals surface area contributed by atoms with Crippen LogP contribution >= 0.6 is 11.6 Å². The van der Waals surface area contributed by atoms with Crippen LogP contribution in [0.4, 0.5) is 23.4 Å². The van der Waals surface area contributed by atoms with E-state index in [-0.39, 0.29) is 22.8 Å². The molecular formula is C25H28ClF4N5O5. The molecule has 5 rings (SSSR count). The summed E-state index contributed by atoms with van der Waals surface area (Å²) in [5, 5.41) is 20.8. The van der Waals surface area contributed by atoms with Crippen molar-refractivity contribution in [1.82, 2.24) is 19.8 Å². The van der Waals surface area contributed by atoms with Crippen molar-refractivity contribution < 1.29 is 37.4 Å². The predicted molar refractivity (Wildman–Crippen MR) is 139 cm³/mol. The number of piperidine rings is 1. The van der Waals surface area contributed by atoms with Crippen LogP contribution in [-0.4, -0.2) is 88.6 Å². The fourth-order valence-corrected chi connectivity index (χ4v) is 5.04. The highest BCUT2D eigenvalue weighted by Crippen LogP contribution is 2.37. The smallest absolute Gasteiger partial charge is 0.477 e. The highest BCUT2D eigenvalue weighted by atomic mass is 35.5. The van der Waals surface area contributed by atoms with E-state index in [1.165, 1.54) is 11.8 Å². The molecule has 3 N–H and O–H groups in total. The molecule has 3 aliphatic rings. The first-order chi connectivity index (χ1) is 18.9. The monoisotopic (exact) mass is 589 g/mol. The lowest BCUT2D eigenvalue weighted by molar-refractivity contribution is -0.192. The zero-order valence-corrected chi connectivity index (χ0v) is 22.1. The average Bonchev–Trinajstić information content (AvgIpc) is 3.75. The molecule has 0 unspecified atom stereocenters. The Morgan fingerprint density at radius 3 is 2.23 bits per heavy atom. The van der Waals surface area contributed by atoms with Crippen molar-refractivity contribution in [2.75, 3.05) is 50.7 Å². The lowest BCUT2D eigenvalue weighted by Gasteiger charge is -2.32. The summed E-state index contributed by atoms with van der Waals surface area (Å²) < 4.78 is 48.5. The van der Waals surface area contributed by atoms with E-state index in [2.05, 4.69) is 15.2 Å². The molecule has 3 fully saturated rings. The van der Waals surface area contributed by atoms with Gasteiger partial charge in [0, 0.05) is 63.1 Å². The van der Waals surface area contributed by atoms with E-state index in [1.807, 2.05) is 4.90 Å². The van der Waals surface area contributed by atoms with Gasteiger partial charge in [-0.15, -0.1) is 0 Å². The van der Waals surface area contributed by atoms with Crippen LogP contribution in [-0.2, 0) is 4.79 Å². The van der Waals surface area contributed by atoms with Crippen LogP contribution in [0.25, 0.3) is 11.0 Å². The number of nitrogens with one attached hydrogen (secondary N) is 1. The molecule has 0 atom stereocenters. The minimum absolute atomic E-state index is 0.0136. The molecular weight excluding hydrogens is 562 g/mol. The number of fused-ring (bicyclic) bond motifs is 1. The summed E-state index contributed by atoms with van der Waals surface area (Å²) >= 11 is 6.64. The number of aliphatic carboxylic acids is 1. The Bertz CT molecular complexity index is 1380. The van der Waals surface area contributed by atoms with Gasteiger partial charge in [0.05, 0.1) is 5.39 Å². The van der Waals surface area contributed by atoms with Crippen molar-refractivity contribution in [1.29, 1.82) is 0 Å². The number of pyridine rings is 2. The first-order valence-corrected chi connectivity index (χ1v) is 13.1.